The Morgan fingerprint density at radius 1 is 1.07 bits per heavy atom. The van der Waals surface area contributed by atoms with Crippen LogP contribution >= 0.6 is 0 Å². The largest absolute Gasteiger partial charge is 0.352 e. The molecule has 0 bridgehead atoms. The van der Waals surface area contributed by atoms with Crippen LogP contribution in [0.5, 0.6) is 0 Å². The van der Waals surface area contributed by atoms with Gasteiger partial charge >= 0.3 is 0 Å². The Morgan fingerprint density at radius 2 is 2.00 bits per heavy atom. The van der Waals surface area contributed by atoms with Crippen LogP contribution in [0.1, 0.15) is 17.9 Å². The number of nitrogens with zero attached hydrogens (tertiary/aromatic N) is 6. The van der Waals surface area contributed by atoms with E-state index in [1.807, 2.05) is 36.5 Å². The van der Waals surface area contributed by atoms with E-state index >= 15 is 0 Å². The molecule has 1 N–H and O–H groups in total. The van der Waals surface area contributed by atoms with Crippen molar-refractivity contribution in [3.05, 3.63) is 72.6 Å². The Hall–Kier alpha value is -3.88. The molecule has 0 atom stereocenters. The van der Waals surface area contributed by atoms with E-state index in [-0.39, 0.29) is 12.3 Å². The van der Waals surface area contributed by atoms with Gasteiger partial charge in [-0.1, -0.05) is 17.3 Å². The van der Waals surface area contributed by atoms with E-state index in [0.29, 0.717) is 36.2 Å². The minimum absolute atomic E-state index is 0.118. The van der Waals surface area contributed by atoms with Crippen molar-refractivity contribution >= 4 is 5.91 Å². The third-order valence-electron chi connectivity index (χ3n) is 3.99. The van der Waals surface area contributed by atoms with Gasteiger partial charge in [-0.3, -0.25) is 9.78 Å². The fourth-order valence-electron chi connectivity index (χ4n) is 2.63. The lowest BCUT2D eigenvalue weighted by atomic mass is 10.2. The number of amides is 1. The van der Waals surface area contributed by atoms with Crippen molar-refractivity contribution in [2.75, 3.05) is 0 Å². The zero-order valence-electron chi connectivity index (χ0n) is 14.9. The maximum atomic E-state index is 12.2. The van der Waals surface area contributed by atoms with E-state index in [1.54, 1.807) is 29.3 Å². The maximum absolute atomic E-state index is 12.2. The third kappa shape index (κ3) is 4.09. The molecule has 0 radical (unpaired) electrons. The van der Waals surface area contributed by atoms with E-state index < -0.39 is 0 Å². The van der Waals surface area contributed by atoms with Gasteiger partial charge in [0.15, 0.2) is 5.82 Å². The van der Waals surface area contributed by atoms with Crippen LogP contribution in [-0.2, 0) is 17.8 Å². The highest BCUT2D eigenvalue weighted by Gasteiger charge is 2.12. The summed E-state index contributed by atoms with van der Waals surface area (Å²) in [5, 5.41) is 11.0. The number of pyridine rings is 2. The molecule has 0 saturated heterocycles. The zero-order valence-corrected chi connectivity index (χ0v) is 14.9. The number of carbonyl (C=O) groups is 1. The molecule has 28 heavy (non-hydrogen) atoms. The topological polar surface area (TPSA) is 112 Å². The van der Waals surface area contributed by atoms with Gasteiger partial charge in [-0.2, -0.15) is 10.1 Å². The molecule has 0 aliphatic rings. The Balaban J connectivity index is 1.32. The first kappa shape index (κ1) is 17.5. The first-order valence-electron chi connectivity index (χ1n) is 8.74. The molecular formula is C19H17N7O2. The highest BCUT2D eigenvalue weighted by molar-refractivity contribution is 5.76. The van der Waals surface area contributed by atoms with Gasteiger partial charge in [0.25, 0.3) is 0 Å². The van der Waals surface area contributed by atoms with Gasteiger partial charge in [0, 0.05) is 49.7 Å². The molecule has 0 fully saturated rings. The van der Waals surface area contributed by atoms with Gasteiger partial charge in [-0.25, -0.2) is 9.67 Å². The highest BCUT2D eigenvalue weighted by atomic mass is 16.5. The van der Waals surface area contributed by atoms with Gasteiger partial charge in [-0.05, 0) is 24.3 Å². The summed E-state index contributed by atoms with van der Waals surface area (Å²) in [7, 11) is 0. The summed E-state index contributed by atoms with van der Waals surface area (Å²) in [6, 6.07) is 11.0. The van der Waals surface area contributed by atoms with Crippen LogP contribution in [0.3, 0.4) is 0 Å². The molecule has 9 heteroatoms. The van der Waals surface area contributed by atoms with Crippen molar-refractivity contribution in [3.8, 4) is 17.3 Å². The Kier molecular flexibility index (Phi) is 5.14. The summed E-state index contributed by atoms with van der Waals surface area (Å²) in [5.74, 6) is 1.38. The third-order valence-corrected chi connectivity index (χ3v) is 3.99. The predicted octanol–water partition coefficient (Wildman–Crippen LogP) is 1.96. The van der Waals surface area contributed by atoms with Gasteiger partial charge in [-0.15, -0.1) is 0 Å². The summed E-state index contributed by atoms with van der Waals surface area (Å²) in [6.45, 7) is 0.352. The van der Waals surface area contributed by atoms with Crippen LogP contribution in [0.4, 0.5) is 0 Å². The van der Waals surface area contributed by atoms with Crippen LogP contribution in [-0.4, -0.2) is 35.8 Å². The standard InChI is InChI=1S/C19H17N7O2/c27-16(7-8-17-24-18(25-28-17)15-6-1-2-9-20-15)22-13-14-5-3-10-21-19(14)26-12-4-11-23-26/h1-6,9-12H,7-8,13H2,(H,22,27). The molecule has 0 aliphatic heterocycles. The van der Waals surface area contributed by atoms with Crippen molar-refractivity contribution in [2.45, 2.75) is 19.4 Å². The second-order valence-corrected chi connectivity index (χ2v) is 5.94. The number of carbonyl (C=O) groups excluding carboxylic acids is 1. The predicted molar refractivity (Wildman–Crippen MR) is 99.1 cm³/mol. The van der Waals surface area contributed by atoms with E-state index in [2.05, 4.69) is 30.5 Å². The molecule has 0 aliphatic carbocycles. The maximum Gasteiger partial charge on any atom is 0.227 e. The first-order chi connectivity index (χ1) is 13.8. The first-order valence-corrected chi connectivity index (χ1v) is 8.74. The fourth-order valence-corrected chi connectivity index (χ4v) is 2.63. The van der Waals surface area contributed by atoms with Crippen molar-refractivity contribution < 1.29 is 9.32 Å². The average molecular weight is 375 g/mol. The Bertz CT molecular complexity index is 1050. The number of aryl methyl sites for hydroxylation is 1. The van der Waals surface area contributed by atoms with Crippen LogP contribution in [0.15, 0.2) is 65.7 Å². The van der Waals surface area contributed by atoms with E-state index in [1.165, 1.54) is 0 Å². The van der Waals surface area contributed by atoms with Gasteiger partial charge in [0.2, 0.25) is 17.6 Å². The lowest BCUT2D eigenvalue weighted by Gasteiger charge is -2.09. The normalized spacial score (nSPS) is 10.7. The zero-order chi connectivity index (χ0) is 19.2. The SMILES string of the molecule is O=C(CCc1nc(-c2ccccn2)no1)NCc1cccnc1-n1cccn1. The molecule has 0 unspecified atom stereocenters. The average Bonchev–Trinajstić information content (AvgIpc) is 3.44. The van der Waals surface area contributed by atoms with Gasteiger partial charge < -0.3 is 9.84 Å². The monoisotopic (exact) mass is 375 g/mol. The number of aromatic nitrogens is 6. The number of rotatable bonds is 7. The lowest BCUT2D eigenvalue weighted by Crippen LogP contribution is -2.24. The number of hydrogen-bond donors (Lipinski definition) is 1. The van der Waals surface area contributed by atoms with Crippen LogP contribution in [0.25, 0.3) is 17.3 Å². The quantitative estimate of drug-likeness (QED) is 0.525. The summed E-state index contributed by atoms with van der Waals surface area (Å²) >= 11 is 0. The van der Waals surface area contributed by atoms with E-state index in [4.69, 9.17) is 4.52 Å². The van der Waals surface area contributed by atoms with Gasteiger partial charge in [0.1, 0.15) is 5.69 Å². The second-order valence-electron chi connectivity index (χ2n) is 5.94. The van der Waals surface area contributed by atoms with Crippen molar-refractivity contribution in [1.82, 2.24) is 35.2 Å². The summed E-state index contributed by atoms with van der Waals surface area (Å²) in [5.41, 5.74) is 1.50. The van der Waals surface area contributed by atoms with Crippen molar-refractivity contribution in [1.29, 1.82) is 0 Å². The Morgan fingerprint density at radius 3 is 2.82 bits per heavy atom. The minimum Gasteiger partial charge on any atom is -0.352 e. The summed E-state index contributed by atoms with van der Waals surface area (Å²) in [4.78, 5) is 25.0. The molecule has 4 aromatic rings. The van der Waals surface area contributed by atoms with Crippen LogP contribution < -0.4 is 5.32 Å². The molecule has 0 saturated carbocycles. The summed E-state index contributed by atoms with van der Waals surface area (Å²) < 4.78 is 6.86. The molecular weight excluding hydrogens is 358 g/mol. The van der Waals surface area contributed by atoms with Crippen LogP contribution in [0.2, 0.25) is 0 Å². The molecule has 4 aromatic heterocycles. The second kappa shape index (κ2) is 8.21. The lowest BCUT2D eigenvalue weighted by molar-refractivity contribution is -0.121. The molecule has 4 rings (SSSR count). The molecule has 1 amide bonds. The van der Waals surface area contributed by atoms with E-state index in [0.717, 1.165) is 5.56 Å². The molecule has 140 valence electrons. The number of hydrogen-bond acceptors (Lipinski definition) is 7. The molecule has 4 heterocycles. The van der Waals surface area contributed by atoms with Gasteiger partial charge in [0.05, 0.1) is 0 Å². The highest BCUT2D eigenvalue weighted by Crippen LogP contribution is 2.13. The van der Waals surface area contributed by atoms with Crippen molar-refractivity contribution in [2.24, 2.45) is 0 Å². The number of nitrogens with one attached hydrogen (secondary N) is 1. The van der Waals surface area contributed by atoms with Crippen LogP contribution in [0, 0.1) is 0 Å². The summed E-state index contributed by atoms with van der Waals surface area (Å²) in [6.07, 6.45) is 7.43. The molecule has 0 aromatic carbocycles. The Labute approximate surface area is 160 Å². The minimum atomic E-state index is -0.118. The van der Waals surface area contributed by atoms with E-state index in [9.17, 15) is 4.79 Å². The smallest absolute Gasteiger partial charge is 0.227 e. The van der Waals surface area contributed by atoms with Crippen molar-refractivity contribution in [3.63, 3.8) is 0 Å². The fraction of sp³-hybridized carbons (Fsp3) is 0.158. The molecule has 9 nitrogen and oxygen atoms in total. The molecule has 0 spiro atoms.